The molecule has 1 spiro atoms. The van der Waals surface area contributed by atoms with E-state index < -0.39 is 0 Å². The molecule has 118 valence electrons. The lowest BCUT2D eigenvalue weighted by atomic mass is 9.66. The molecular formula is C18H23NO3. The molecule has 0 amide bonds. The fourth-order valence-corrected chi connectivity index (χ4v) is 5.00. The molecule has 2 fully saturated rings. The Labute approximate surface area is 131 Å². The first-order valence-electron chi connectivity index (χ1n) is 8.24. The number of nitrogens with zero attached hydrogens (tertiary/aromatic N) is 1. The topological polar surface area (TPSA) is 38.8 Å². The van der Waals surface area contributed by atoms with Gasteiger partial charge in [0.25, 0.3) is 0 Å². The van der Waals surface area contributed by atoms with Gasteiger partial charge in [-0.05, 0) is 55.5 Å². The summed E-state index contributed by atoms with van der Waals surface area (Å²) in [4.78, 5) is 15.1. The highest BCUT2D eigenvalue weighted by molar-refractivity contribution is 5.84. The molecule has 4 rings (SSSR count). The van der Waals surface area contributed by atoms with Gasteiger partial charge in [0.15, 0.2) is 11.5 Å². The van der Waals surface area contributed by atoms with E-state index in [2.05, 4.69) is 17.0 Å². The van der Waals surface area contributed by atoms with Crippen molar-refractivity contribution in [3.63, 3.8) is 0 Å². The van der Waals surface area contributed by atoms with Crippen LogP contribution in [0.4, 0.5) is 0 Å². The van der Waals surface area contributed by atoms with Gasteiger partial charge in [0.2, 0.25) is 0 Å². The number of fused-ring (bicyclic) bond motifs is 1. The van der Waals surface area contributed by atoms with Crippen molar-refractivity contribution in [1.29, 1.82) is 0 Å². The molecular weight excluding hydrogens is 278 g/mol. The number of Topliss-reactive ketones (excluding diaryl/α,β-unsaturated/α-hetero) is 1. The highest BCUT2D eigenvalue weighted by atomic mass is 16.5. The third kappa shape index (κ3) is 1.70. The molecule has 0 N–H and O–H groups in total. The predicted molar refractivity (Wildman–Crippen MR) is 83.5 cm³/mol. The first kappa shape index (κ1) is 14.1. The molecule has 2 aliphatic heterocycles. The van der Waals surface area contributed by atoms with Gasteiger partial charge in [0.1, 0.15) is 5.78 Å². The molecule has 0 aromatic heterocycles. The highest BCUT2D eigenvalue weighted by Gasteiger charge is 2.56. The fraction of sp³-hybridized carbons (Fsp3) is 0.611. The Bertz CT molecular complexity index is 627. The molecule has 3 aliphatic rings. The molecule has 22 heavy (non-hydrogen) atoms. The van der Waals surface area contributed by atoms with Gasteiger partial charge in [-0.15, -0.1) is 0 Å². The number of ketones is 1. The first-order valence-corrected chi connectivity index (χ1v) is 8.24. The first-order chi connectivity index (χ1) is 10.7. The molecule has 0 unspecified atom stereocenters. The molecule has 1 aliphatic carbocycles. The summed E-state index contributed by atoms with van der Waals surface area (Å²) in [6.45, 7) is 2.09. The number of methoxy groups -OCH3 is 2. The molecule has 1 saturated carbocycles. The Morgan fingerprint density at radius 3 is 2.68 bits per heavy atom. The summed E-state index contributed by atoms with van der Waals surface area (Å²) in [5, 5.41) is 0. The van der Waals surface area contributed by atoms with Crippen LogP contribution in [0, 0.1) is 5.92 Å². The SMILES string of the molecule is COc1cc2c(cc1OC)[C@]13CCCC(=O)[C@H]1CCN3CC2. The van der Waals surface area contributed by atoms with Crippen LogP contribution in [0.15, 0.2) is 12.1 Å². The van der Waals surface area contributed by atoms with Gasteiger partial charge >= 0.3 is 0 Å². The number of rotatable bonds is 2. The van der Waals surface area contributed by atoms with Crippen molar-refractivity contribution in [1.82, 2.24) is 4.90 Å². The molecule has 2 atom stereocenters. The van der Waals surface area contributed by atoms with Crippen molar-refractivity contribution in [2.45, 2.75) is 37.6 Å². The van der Waals surface area contributed by atoms with Crippen LogP contribution in [0.2, 0.25) is 0 Å². The highest BCUT2D eigenvalue weighted by Crippen LogP contribution is 2.54. The summed E-state index contributed by atoms with van der Waals surface area (Å²) < 4.78 is 11.0. The quantitative estimate of drug-likeness (QED) is 0.841. The van der Waals surface area contributed by atoms with Gasteiger partial charge < -0.3 is 9.47 Å². The van der Waals surface area contributed by atoms with Gasteiger partial charge in [-0.1, -0.05) is 0 Å². The summed E-state index contributed by atoms with van der Waals surface area (Å²) in [5.74, 6) is 2.19. The smallest absolute Gasteiger partial charge is 0.161 e. The van der Waals surface area contributed by atoms with E-state index in [-0.39, 0.29) is 11.5 Å². The van der Waals surface area contributed by atoms with Crippen molar-refractivity contribution >= 4 is 5.78 Å². The molecule has 2 heterocycles. The van der Waals surface area contributed by atoms with Crippen LogP contribution in [0.1, 0.15) is 36.8 Å². The zero-order chi connectivity index (χ0) is 15.3. The third-order valence-corrected chi connectivity index (χ3v) is 5.93. The average molecular weight is 301 g/mol. The maximum absolute atomic E-state index is 12.5. The molecule has 1 saturated heterocycles. The van der Waals surface area contributed by atoms with E-state index in [0.29, 0.717) is 5.78 Å². The molecule has 0 bridgehead atoms. The molecule has 1 aromatic rings. The monoisotopic (exact) mass is 301 g/mol. The maximum atomic E-state index is 12.5. The zero-order valence-electron chi connectivity index (χ0n) is 13.4. The molecule has 0 radical (unpaired) electrons. The number of carbonyl (C=O) groups is 1. The largest absolute Gasteiger partial charge is 0.493 e. The van der Waals surface area contributed by atoms with Crippen LogP contribution in [-0.4, -0.2) is 38.0 Å². The van der Waals surface area contributed by atoms with E-state index >= 15 is 0 Å². The van der Waals surface area contributed by atoms with Gasteiger partial charge in [0.05, 0.1) is 19.8 Å². The second-order valence-electron chi connectivity index (χ2n) is 6.69. The summed E-state index contributed by atoms with van der Waals surface area (Å²) >= 11 is 0. The lowest BCUT2D eigenvalue weighted by Crippen LogP contribution is -2.53. The van der Waals surface area contributed by atoms with Gasteiger partial charge in [0, 0.05) is 18.9 Å². The standard InChI is InChI=1S/C18H23NO3/c1-21-16-10-12-5-8-19-9-6-13-15(20)4-3-7-18(13,19)14(12)11-17(16)22-2/h10-11,13H,3-9H2,1-2H3/t13-,18+/m1/s1. The van der Waals surface area contributed by atoms with Crippen molar-refractivity contribution < 1.29 is 14.3 Å². The van der Waals surface area contributed by atoms with Crippen LogP contribution in [0.3, 0.4) is 0 Å². The van der Waals surface area contributed by atoms with Crippen molar-refractivity contribution in [3.8, 4) is 11.5 Å². The van der Waals surface area contributed by atoms with Crippen molar-refractivity contribution in [3.05, 3.63) is 23.3 Å². The van der Waals surface area contributed by atoms with Crippen LogP contribution < -0.4 is 9.47 Å². The zero-order valence-corrected chi connectivity index (χ0v) is 13.4. The minimum absolute atomic E-state index is 0.0809. The average Bonchev–Trinajstić information content (AvgIpc) is 2.94. The Morgan fingerprint density at radius 1 is 1.14 bits per heavy atom. The van der Waals surface area contributed by atoms with E-state index in [4.69, 9.17) is 9.47 Å². The fourth-order valence-electron chi connectivity index (χ4n) is 5.00. The van der Waals surface area contributed by atoms with E-state index in [0.717, 1.165) is 56.7 Å². The summed E-state index contributed by atoms with van der Waals surface area (Å²) in [5.41, 5.74) is 2.56. The van der Waals surface area contributed by atoms with Crippen molar-refractivity contribution in [2.24, 2.45) is 5.92 Å². The minimum Gasteiger partial charge on any atom is -0.493 e. The lowest BCUT2D eigenvalue weighted by Gasteiger charge is -2.49. The third-order valence-electron chi connectivity index (χ3n) is 5.93. The second-order valence-corrected chi connectivity index (χ2v) is 6.69. The van der Waals surface area contributed by atoms with Crippen LogP contribution >= 0.6 is 0 Å². The predicted octanol–water partition coefficient (Wildman–Crippen LogP) is 2.53. The van der Waals surface area contributed by atoms with Gasteiger partial charge in [-0.3, -0.25) is 9.69 Å². The van der Waals surface area contributed by atoms with E-state index in [1.165, 1.54) is 11.1 Å². The van der Waals surface area contributed by atoms with Crippen LogP contribution in [-0.2, 0) is 16.8 Å². The van der Waals surface area contributed by atoms with E-state index in [1.807, 2.05) is 0 Å². The molecule has 4 nitrogen and oxygen atoms in total. The molecule has 4 heteroatoms. The number of carbonyl (C=O) groups excluding carboxylic acids is 1. The Balaban J connectivity index is 1.91. The second kappa shape index (κ2) is 4.98. The number of benzene rings is 1. The molecule has 1 aromatic carbocycles. The van der Waals surface area contributed by atoms with Crippen LogP contribution in [0.5, 0.6) is 11.5 Å². The summed E-state index contributed by atoms with van der Waals surface area (Å²) in [7, 11) is 3.36. The van der Waals surface area contributed by atoms with Crippen molar-refractivity contribution in [2.75, 3.05) is 27.3 Å². The van der Waals surface area contributed by atoms with Crippen LogP contribution in [0.25, 0.3) is 0 Å². The number of ether oxygens (including phenoxy) is 2. The number of hydrogen-bond donors (Lipinski definition) is 0. The number of hydrogen-bond acceptors (Lipinski definition) is 4. The maximum Gasteiger partial charge on any atom is 0.161 e. The Morgan fingerprint density at radius 2 is 1.91 bits per heavy atom. The van der Waals surface area contributed by atoms with Gasteiger partial charge in [-0.25, -0.2) is 0 Å². The Kier molecular flexibility index (Phi) is 3.19. The Hall–Kier alpha value is -1.55. The van der Waals surface area contributed by atoms with E-state index in [9.17, 15) is 4.79 Å². The van der Waals surface area contributed by atoms with Gasteiger partial charge in [-0.2, -0.15) is 0 Å². The summed E-state index contributed by atoms with van der Waals surface area (Å²) in [6.07, 6.45) is 4.87. The lowest BCUT2D eigenvalue weighted by molar-refractivity contribution is -0.129. The minimum atomic E-state index is -0.0809. The normalized spacial score (nSPS) is 30.5. The van der Waals surface area contributed by atoms with E-state index in [1.54, 1.807) is 14.2 Å². The summed E-state index contributed by atoms with van der Waals surface area (Å²) in [6, 6.07) is 4.26.